The van der Waals surface area contributed by atoms with E-state index in [1.807, 2.05) is 43.3 Å². The topological polar surface area (TPSA) is 70.6 Å². The fourth-order valence-corrected chi connectivity index (χ4v) is 2.44. The van der Waals surface area contributed by atoms with Gasteiger partial charge in [0.15, 0.2) is 0 Å². The molecule has 1 aromatic carbocycles. The van der Waals surface area contributed by atoms with Gasteiger partial charge in [-0.1, -0.05) is 0 Å². The lowest BCUT2D eigenvalue weighted by Gasteiger charge is -2.26. The van der Waals surface area contributed by atoms with Crippen molar-refractivity contribution in [2.24, 2.45) is 0 Å². The lowest BCUT2D eigenvalue weighted by Crippen LogP contribution is -2.41. The van der Waals surface area contributed by atoms with Crippen LogP contribution in [0.25, 0.3) is 0 Å². The highest BCUT2D eigenvalue weighted by atomic mass is 16.5. The molecule has 0 aliphatic carbocycles. The highest BCUT2D eigenvalue weighted by molar-refractivity contribution is 5.92. The minimum atomic E-state index is -0.0910. The quantitative estimate of drug-likeness (QED) is 0.923. The van der Waals surface area contributed by atoms with E-state index in [1.165, 1.54) is 0 Å². The summed E-state index contributed by atoms with van der Waals surface area (Å²) in [4.78, 5) is 24.8. The zero-order chi connectivity index (χ0) is 16.9. The van der Waals surface area contributed by atoms with Crippen LogP contribution in [0.15, 0.2) is 36.5 Å². The van der Waals surface area contributed by atoms with Gasteiger partial charge in [-0.05, 0) is 30.3 Å². The molecule has 1 N–H and O–H groups in total. The number of hydrogen-bond acceptors (Lipinski definition) is 6. The van der Waals surface area contributed by atoms with Crippen molar-refractivity contribution < 1.29 is 9.53 Å². The summed E-state index contributed by atoms with van der Waals surface area (Å²) in [5.74, 6) is 0.318. The van der Waals surface area contributed by atoms with E-state index in [1.54, 1.807) is 17.2 Å². The van der Waals surface area contributed by atoms with Gasteiger partial charge in [0.1, 0.15) is 5.69 Å². The van der Waals surface area contributed by atoms with Gasteiger partial charge in [-0.3, -0.25) is 4.79 Å². The van der Waals surface area contributed by atoms with Crippen LogP contribution in [-0.2, 0) is 4.74 Å². The van der Waals surface area contributed by atoms with Crippen molar-refractivity contribution >= 4 is 23.2 Å². The highest BCUT2D eigenvalue weighted by Gasteiger charge is 2.20. The molecule has 24 heavy (non-hydrogen) atoms. The zero-order valence-corrected chi connectivity index (χ0v) is 13.9. The lowest BCUT2D eigenvalue weighted by molar-refractivity contribution is 0.0299. The molecule has 0 radical (unpaired) electrons. The van der Waals surface area contributed by atoms with E-state index in [0.29, 0.717) is 37.9 Å². The Balaban J connectivity index is 1.71. The Kier molecular flexibility index (Phi) is 4.90. The van der Waals surface area contributed by atoms with Crippen LogP contribution in [0.4, 0.5) is 17.3 Å². The number of nitrogens with one attached hydrogen (secondary N) is 1. The van der Waals surface area contributed by atoms with Gasteiger partial charge in [0, 0.05) is 44.8 Å². The average molecular weight is 327 g/mol. The maximum absolute atomic E-state index is 12.5. The van der Waals surface area contributed by atoms with Gasteiger partial charge in [-0.25, -0.2) is 9.97 Å². The van der Waals surface area contributed by atoms with E-state index in [4.69, 9.17) is 4.74 Å². The Morgan fingerprint density at radius 2 is 1.88 bits per heavy atom. The number of aromatic nitrogens is 2. The van der Waals surface area contributed by atoms with Gasteiger partial charge in [-0.15, -0.1) is 0 Å². The summed E-state index contributed by atoms with van der Waals surface area (Å²) in [6, 6.07) is 9.55. The smallest absolute Gasteiger partial charge is 0.272 e. The molecule has 0 spiro atoms. The van der Waals surface area contributed by atoms with Crippen LogP contribution < -0.4 is 10.2 Å². The SMILES string of the molecule is CN(C)c1ccc(Nc2nccc(C(=O)N3CCOCC3)n2)cc1. The van der Waals surface area contributed by atoms with Crippen LogP contribution in [0.1, 0.15) is 10.5 Å². The van der Waals surface area contributed by atoms with Gasteiger partial charge in [0.25, 0.3) is 5.91 Å². The summed E-state index contributed by atoms with van der Waals surface area (Å²) < 4.78 is 5.27. The van der Waals surface area contributed by atoms with Crippen molar-refractivity contribution in [3.63, 3.8) is 0 Å². The fourth-order valence-electron chi connectivity index (χ4n) is 2.44. The van der Waals surface area contributed by atoms with E-state index in [-0.39, 0.29) is 5.91 Å². The summed E-state index contributed by atoms with van der Waals surface area (Å²) in [5.41, 5.74) is 2.37. The third kappa shape index (κ3) is 3.80. The minimum absolute atomic E-state index is 0.0910. The Morgan fingerprint density at radius 1 is 1.17 bits per heavy atom. The number of hydrogen-bond donors (Lipinski definition) is 1. The second-order valence-corrected chi connectivity index (χ2v) is 5.74. The first-order valence-electron chi connectivity index (χ1n) is 7.88. The number of carbonyl (C=O) groups is 1. The summed E-state index contributed by atoms with van der Waals surface area (Å²) in [6.45, 7) is 2.33. The van der Waals surface area contributed by atoms with E-state index >= 15 is 0 Å². The molecule has 7 heteroatoms. The van der Waals surface area contributed by atoms with Gasteiger partial charge in [0.05, 0.1) is 13.2 Å². The largest absolute Gasteiger partial charge is 0.378 e. The Labute approximate surface area is 141 Å². The number of amides is 1. The number of anilines is 3. The van der Waals surface area contributed by atoms with Crippen molar-refractivity contribution in [1.29, 1.82) is 0 Å². The van der Waals surface area contributed by atoms with Crippen LogP contribution in [0, 0.1) is 0 Å². The van der Waals surface area contributed by atoms with Gasteiger partial charge >= 0.3 is 0 Å². The Morgan fingerprint density at radius 3 is 2.54 bits per heavy atom. The molecular formula is C17H21N5O2. The summed E-state index contributed by atoms with van der Waals surface area (Å²) in [6.07, 6.45) is 1.59. The van der Waals surface area contributed by atoms with Crippen LogP contribution >= 0.6 is 0 Å². The number of ether oxygens (including phenoxy) is 1. The molecule has 2 aromatic rings. The third-order valence-corrected chi connectivity index (χ3v) is 3.81. The van der Waals surface area contributed by atoms with Crippen molar-refractivity contribution in [3.8, 4) is 0 Å². The molecule has 1 aromatic heterocycles. The van der Waals surface area contributed by atoms with Crippen molar-refractivity contribution in [3.05, 3.63) is 42.2 Å². The highest BCUT2D eigenvalue weighted by Crippen LogP contribution is 2.18. The molecule has 0 unspecified atom stereocenters. The van der Waals surface area contributed by atoms with Crippen LogP contribution in [0.3, 0.4) is 0 Å². The van der Waals surface area contributed by atoms with E-state index in [0.717, 1.165) is 11.4 Å². The van der Waals surface area contributed by atoms with Crippen LogP contribution in [0.2, 0.25) is 0 Å². The molecule has 1 saturated heterocycles. The lowest BCUT2D eigenvalue weighted by atomic mass is 10.2. The monoisotopic (exact) mass is 327 g/mol. The maximum Gasteiger partial charge on any atom is 0.272 e. The molecule has 1 aliphatic heterocycles. The molecule has 0 saturated carbocycles. The molecule has 7 nitrogen and oxygen atoms in total. The number of morpholine rings is 1. The maximum atomic E-state index is 12.5. The van der Waals surface area contributed by atoms with Crippen LogP contribution in [-0.4, -0.2) is 61.2 Å². The van der Waals surface area contributed by atoms with Crippen molar-refractivity contribution in [2.45, 2.75) is 0 Å². The fraction of sp³-hybridized carbons (Fsp3) is 0.353. The molecule has 0 atom stereocenters. The third-order valence-electron chi connectivity index (χ3n) is 3.81. The molecule has 126 valence electrons. The summed E-state index contributed by atoms with van der Waals surface area (Å²) in [7, 11) is 3.98. The number of rotatable bonds is 4. The molecule has 1 aliphatic rings. The van der Waals surface area contributed by atoms with Crippen molar-refractivity contribution in [1.82, 2.24) is 14.9 Å². The molecule has 2 heterocycles. The van der Waals surface area contributed by atoms with Gasteiger partial charge < -0.3 is 19.9 Å². The normalized spacial score (nSPS) is 14.3. The van der Waals surface area contributed by atoms with Crippen LogP contribution in [0.5, 0.6) is 0 Å². The first-order chi connectivity index (χ1) is 11.6. The predicted molar refractivity (Wildman–Crippen MR) is 92.8 cm³/mol. The second-order valence-electron chi connectivity index (χ2n) is 5.74. The number of carbonyl (C=O) groups excluding carboxylic acids is 1. The molecule has 1 amide bonds. The van der Waals surface area contributed by atoms with E-state index in [9.17, 15) is 4.79 Å². The van der Waals surface area contributed by atoms with E-state index in [2.05, 4.69) is 15.3 Å². The standard InChI is InChI=1S/C17H21N5O2/c1-21(2)14-5-3-13(4-6-14)19-17-18-8-7-15(20-17)16(23)22-9-11-24-12-10-22/h3-8H,9-12H2,1-2H3,(H,18,19,20). The van der Waals surface area contributed by atoms with Crippen molar-refractivity contribution in [2.75, 3.05) is 50.6 Å². The molecule has 0 bridgehead atoms. The second kappa shape index (κ2) is 7.27. The average Bonchev–Trinajstić information content (AvgIpc) is 2.62. The molecular weight excluding hydrogens is 306 g/mol. The Hall–Kier alpha value is -2.67. The minimum Gasteiger partial charge on any atom is -0.378 e. The predicted octanol–water partition coefficient (Wildman–Crippen LogP) is 1.76. The first kappa shape index (κ1) is 16.2. The summed E-state index contributed by atoms with van der Waals surface area (Å²) >= 11 is 0. The van der Waals surface area contributed by atoms with E-state index < -0.39 is 0 Å². The molecule has 1 fully saturated rings. The first-order valence-corrected chi connectivity index (χ1v) is 7.88. The Bertz CT molecular complexity index is 696. The van der Waals surface area contributed by atoms with Gasteiger partial charge in [0.2, 0.25) is 5.95 Å². The molecule has 3 rings (SSSR count). The van der Waals surface area contributed by atoms with Gasteiger partial charge in [-0.2, -0.15) is 0 Å². The zero-order valence-electron chi connectivity index (χ0n) is 13.9. The summed E-state index contributed by atoms with van der Waals surface area (Å²) in [5, 5.41) is 3.13. The number of benzene rings is 1. The number of nitrogens with zero attached hydrogens (tertiary/aromatic N) is 4.